The molecular formula is C20H18F4N2O. The minimum atomic E-state index is -4.42. The Morgan fingerprint density at radius 3 is 2.63 bits per heavy atom. The number of benzene rings is 2. The van der Waals surface area contributed by atoms with E-state index in [1.807, 2.05) is 0 Å². The number of aromatic nitrogens is 1. The lowest BCUT2D eigenvalue weighted by atomic mass is 10.0. The second kappa shape index (κ2) is 7.42. The van der Waals surface area contributed by atoms with E-state index < -0.39 is 17.6 Å². The van der Waals surface area contributed by atoms with E-state index in [1.54, 1.807) is 13.0 Å². The number of carbonyl (C=O) groups excluding carboxylic acids is 1. The van der Waals surface area contributed by atoms with Crippen molar-refractivity contribution in [2.45, 2.75) is 25.9 Å². The zero-order valence-corrected chi connectivity index (χ0v) is 14.6. The van der Waals surface area contributed by atoms with Gasteiger partial charge in [-0.3, -0.25) is 4.79 Å². The summed E-state index contributed by atoms with van der Waals surface area (Å²) in [6, 6.07) is 9.61. The average Bonchev–Trinajstić information content (AvgIpc) is 2.90. The Hall–Kier alpha value is -2.83. The molecule has 0 aliphatic heterocycles. The van der Waals surface area contributed by atoms with Gasteiger partial charge in [-0.2, -0.15) is 13.2 Å². The molecule has 0 spiro atoms. The van der Waals surface area contributed by atoms with Crippen molar-refractivity contribution >= 4 is 16.8 Å². The standard InChI is InChI=1S/C20H18F4N2O/c1-12-15(16-10-14(21)6-7-18(16)26-12)11-19(27)25-9-8-13-4-2-3-5-17(13)20(22,23)24/h2-7,10,26H,8-9,11H2,1H3,(H,25,27). The second-order valence-corrected chi connectivity index (χ2v) is 6.35. The van der Waals surface area contributed by atoms with Crippen molar-refractivity contribution < 1.29 is 22.4 Å². The number of rotatable bonds is 5. The maximum atomic E-state index is 13.5. The molecule has 1 amide bonds. The van der Waals surface area contributed by atoms with Crippen LogP contribution in [0.4, 0.5) is 17.6 Å². The van der Waals surface area contributed by atoms with Crippen LogP contribution in [0.25, 0.3) is 10.9 Å². The summed E-state index contributed by atoms with van der Waals surface area (Å²) in [7, 11) is 0. The predicted octanol–water partition coefficient (Wildman–Crippen LogP) is 4.54. The molecule has 0 saturated carbocycles. The summed E-state index contributed by atoms with van der Waals surface area (Å²) < 4.78 is 52.5. The largest absolute Gasteiger partial charge is 0.416 e. The summed E-state index contributed by atoms with van der Waals surface area (Å²) in [6.07, 6.45) is -4.33. The molecule has 0 radical (unpaired) electrons. The molecule has 0 atom stereocenters. The predicted molar refractivity (Wildman–Crippen MR) is 94.9 cm³/mol. The van der Waals surface area contributed by atoms with E-state index >= 15 is 0 Å². The van der Waals surface area contributed by atoms with Crippen molar-refractivity contribution in [3.63, 3.8) is 0 Å². The third-order valence-corrected chi connectivity index (χ3v) is 4.46. The topological polar surface area (TPSA) is 44.9 Å². The first-order valence-corrected chi connectivity index (χ1v) is 8.44. The molecule has 7 heteroatoms. The number of aromatic amines is 1. The number of halogens is 4. The molecule has 0 bridgehead atoms. The number of nitrogens with one attached hydrogen (secondary N) is 2. The van der Waals surface area contributed by atoms with E-state index in [9.17, 15) is 22.4 Å². The van der Waals surface area contributed by atoms with Gasteiger partial charge >= 0.3 is 6.18 Å². The third-order valence-electron chi connectivity index (χ3n) is 4.46. The van der Waals surface area contributed by atoms with Gasteiger partial charge in [-0.1, -0.05) is 18.2 Å². The lowest BCUT2D eigenvalue weighted by molar-refractivity contribution is -0.138. The zero-order valence-electron chi connectivity index (χ0n) is 14.6. The van der Waals surface area contributed by atoms with E-state index in [1.165, 1.54) is 30.3 Å². The molecule has 2 aromatic carbocycles. The molecule has 0 fully saturated rings. The van der Waals surface area contributed by atoms with E-state index in [2.05, 4.69) is 10.3 Å². The van der Waals surface area contributed by atoms with Gasteiger partial charge in [-0.25, -0.2) is 4.39 Å². The number of H-pyrrole nitrogens is 1. The van der Waals surface area contributed by atoms with Crippen LogP contribution in [0, 0.1) is 12.7 Å². The minimum absolute atomic E-state index is 0.0240. The van der Waals surface area contributed by atoms with Crippen molar-refractivity contribution in [2.75, 3.05) is 6.54 Å². The molecule has 27 heavy (non-hydrogen) atoms. The number of alkyl halides is 3. The summed E-state index contributed by atoms with van der Waals surface area (Å²) in [5.74, 6) is -0.723. The highest BCUT2D eigenvalue weighted by molar-refractivity contribution is 5.90. The minimum Gasteiger partial charge on any atom is -0.358 e. The molecule has 3 aromatic rings. The molecule has 1 heterocycles. The number of hydrogen-bond acceptors (Lipinski definition) is 1. The van der Waals surface area contributed by atoms with Crippen LogP contribution < -0.4 is 5.32 Å². The quantitative estimate of drug-likeness (QED) is 0.630. The van der Waals surface area contributed by atoms with Crippen molar-refractivity contribution in [2.24, 2.45) is 0 Å². The van der Waals surface area contributed by atoms with Crippen LogP contribution in [0.3, 0.4) is 0 Å². The highest BCUT2D eigenvalue weighted by Crippen LogP contribution is 2.32. The van der Waals surface area contributed by atoms with Crippen molar-refractivity contribution in [1.82, 2.24) is 10.3 Å². The normalized spacial score (nSPS) is 11.7. The van der Waals surface area contributed by atoms with Crippen LogP contribution in [0.1, 0.15) is 22.4 Å². The monoisotopic (exact) mass is 378 g/mol. The summed E-state index contributed by atoms with van der Waals surface area (Å²) in [6.45, 7) is 1.88. The number of amides is 1. The van der Waals surface area contributed by atoms with E-state index in [0.717, 1.165) is 17.3 Å². The first kappa shape index (κ1) is 18.9. The molecule has 3 rings (SSSR count). The number of fused-ring (bicyclic) bond motifs is 1. The van der Waals surface area contributed by atoms with Crippen LogP contribution in [-0.2, 0) is 23.8 Å². The first-order chi connectivity index (χ1) is 12.8. The summed E-state index contributed by atoms with van der Waals surface area (Å²) in [5, 5.41) is 3.27. The van der Waals surface area contributed by atoms with Gasteiger partial charge in [0, 0.05) is 23.1 Å². The molecule has 0 aliphatic rings. The Labute approximate surface area is 153 Å². The second-order valence-electron chi connectivity index (χ2n) is 6.35. The van der Waals surface area contributed by atoms with Crippen LogP contribution >= 0.6 is 0 Å². The van der Waals surface area contributed by atoms with Crippen LogP contribution in [0.2, 0.25) is 0 Å². The molecule has 142 valence electrons. The fourth-order valence-corrected chi connectivity index (χ4v) is 3.16. The maximum absolute atomic E-state index is 13.5. The van der Waals surface area contributed by atoms with Gasteiger partial charge in [0.2, 0.25) is 5.91 Å². The zero-order chi connectivity index (χ0) is 19.6. The lowest BCUT2D eigenvalue weighted by Gasteiger charge is -2.13. The summed E-state index contributed by atoms with van der Waals surface area (Å²) in [5.41, 5.74) is 1.61. The highest BCUT2D eigenvalue weighted by Gasteiger charge is 2.32. The number of hydrogen-bond donors (Lipinski definition) is 2. The average molecular weight is 378 g/mol. The lowest BCUT2D eigenvalue weighted by Crippen LogP contribution is -2.28. The Morgan fingerprint density at radius 1 is 1.15 bits per heavy atom. The maximum Gasteiger partial charge on any atom is 0.416 e. The fraction of sp³-hybridized carbons (Fsp3) is 0.250. The van der Waals surface area contributed by atoms with Crippen molar-refractivity contribution in [3.05, 3.63) is 70.7 Å². The molecule has 3 nitrogen and oxygen atoms in total. The van der Waals surface area contributed by atoms with Crippen LogP contribution in [-0.4, -0.2) is 17.4 Å². The van der Waals surface area contributed by atoms with Crippen molar-refractivity contribution in [3.8, 4) is 0 Å². The highest BCUT2D eigenvalue weighted by atomic mass is 19.4. The number of carbonyl (C=O) groups is 1. The van der Waals surface area contributed by atoms with E-state index in [4.69, 9.17) is 0 Å². The smallest absolute Gasteiger partial charge is 0.358 e. The molecule has 0 aliphatic carbocycles. The molecule has 1 aromatic heterocycles. The summed E-state index contributed by atoms with van der Waals surface area (Å²) in [4.78, 5) is 15.3. The fourth-order valence-electron chi connectivity index (χ4n) is 3.16. The Bertz CT molecular complexity index is 976. The summed E-state index contributed by atoms with van der Waals surface area (Å²) >= 11 is 0. The Balaban J connectivity index is 1.65. The van der Waals surface area contributed by atoms with Gasteiger partial charge in [-0.05, 0) is 48.7 Å². The molecule has 2 N–H and O–H groups in total. The molecule has 0 unspecified atom stereocenters. The number of aryl methyl sites for hydroxylation is 1. The molecule has 0 saturated heterocycles. The SMILES string of the molecule is Cc1[nH]c2ccc(F)cc2c1CC(=O)NCCc1ccccc1C(F)(F)F. The van der Waals surface area contributed by atoms with Gasteiger partial charge in [0.25, 0.3) is 0 Å². The van der Waals surface area contributed by atoms with Crippen molar-refractivity contribution in [1.29, 1.82) is 0 Å². The Kier molecular flexibility index (Phi) is 5.21. The third kappa shape index (κ3) is 4.30. The van der Waals surface area contributed by atoms with E-state index in [-0.39, 0.29) is 30.9 Å². The van der Waals surface area contributed by atoms with Crippen LogP contribution in [0.15, 0.2) is 42.5 Å². The van der Waals surface area contributed by atoms with Gasteiger partial charge < -0.3 is 10.3 Å². The van der Waals surface area contributed by atoms with E-state index in [0.29, 0.717) is 10.9 Å². The Morgan fingerprint density at radius 2 is 1.89 bits per heavy atom. The van der Waals surface area contributed by atoms with Gasteiger partial charge in [0.1, 0.15) is 5.82 Å². The van der Waals surface area contributed by atoms with Gasteiger partial charge in [-0.15, -0.1) is 0 Å². The first-order valence-electron chi connectivity index (χ1n) is 8.44. The molecular weight excluding hydrogens is 360 g/mol. The van der Waals surface area contributed by atoms with Gasteiger partial charge in [0.15, 0.2) is 0 Å². The van der Waals surface area contributed by atoms with Crippen LogP contribution in [0.5, 0.6) is 0 Å². The van der Waals surface area contributed by atoms with Gasteiger partial charge in [0.05, 0.1) is 12.0 Å².